The Hall–Kier alpha value is -0.260. The lowest BCUT2D eigenvalue weighted by molar-refractivity contribution is 0.243. The molecule has 1 aliphatic carbocycles. The quantitative estimate of drug-likeness (QED) is 0.543. The summed E-state index contributed by atoms with van der Waals surface area (Å²) in [6, 6.07) is 0. The van der Waals surface area contributed by atoms with E-state index in [0.29, 0.717) is 5.41 Å². The molecular weight excluding hydrogens is 132 g/mol. The molecule has 0 amide bonds. The third-order valence-corrected chi connectivity index (χ3v) is 3.54. The number of allylic oxidation sites excluding steroid dienone is 1. The summed E-state index contributed by atoms with van der Waals surface area (Å²) in [6.07, 6.45) is 3.51. The lowest BCUT2D eigenvalue weighted by Crippen LogP contribution is -2.19. The third kappa shape index (κ3) is 1.13. The van der Waals surface area contributed by atoms with Crippen LogP contribution in [0.25, 0.3) is 0 Å². The molecule has 1 atom stereocenters. The molecule has 1 aliphatic rings. The van der Waals surface area contributed by atoms with Gasteiger partial charge < -0.3 is 0 Å². The summed E-state index contributed by atoms with van der Waals surface area (Å²) in [7, 11) is 0. The summed E-state index contributed by atoms with van der Waals surface area (Å²) in [5.74, 6) is 2.42. The SMILES string of the molecule is C=C[C@H]1CC1(C(C)C)C(C)C. The first-order valence-electron chi connectivity index (χ1n) is 4.68. The van der Waals surface area contributed by atoms with Crippen molar-refractivity contribution in [3.63, 3.8) is 0 Å². The fraction of sp³-hybridized carbons (Fsp3) is 0.818. The molecule has 0 saturated heterocycles. The fourth-order valence-electron chi connectivity index (χ4n) is 2.62. The minimum atomic E-state index is 0.599. The highest BCUT2D eigenvalue weighted by Crippen LogP contribution is 2.62. The van der Waals surface area contributed by atoms with Crippen LogP contribution in [-0.4, -0.2) is 0 Å². The number of rotatable bonds is 3. The van der Waals surface area contributed by atoms with Gasteiger partial charge in [-0.3, -0.25) is 0 Å². The molecule has 64 valence electrons. The van der Waals surface area contributed by atoms with Gasteiger partial charge in [-0.1, -0.05) is 33.8 Å². The van der Waals surface area contributed by atoms with Gasteiger partial charge in [0.1, 0.15) is 0 Å². The van der Waals surface area contributed by atoms with Crippen LogP contribution >= 0.6 is 0 Å². The van der Waals surface area contributed by atoms with Gasteiger partial charge in [-0.2, -0.15) is 0 Å². The monoisotopic (exact) mass is 152 g/mol. The lowest BCUT2D eigenvalue weighted by Gasteiger charge is -2.25. The Labute approximate surface area is 70.7 Å². The van der Waals surface area contributed by atoms with Crippen LogP contribution in [0.4, 0.5) is 0 Å². The van der Waals surface area contributed by atoms with Crippen molar-refractivity contribution in [2.45, 2.75) is 34.1 Å². The van der Waals surface area contributed by atoms with E-state index in [4.69, 9.17) is 0 Å². The van der Waals surface area contributed by atoms with Crippen molar-refractivity contribution < 1.29 is 0 Å². The smallest absolute Gasteiger partial charge is 0.0169 e. The second kappa shape index (κ2) is 2.66. The van der Waals surface area contributed by atoms with Gasteiger partial charge in [-0.15, -0.1) is 6.58 Å². The van der Waals surface area contributed by atoms with E-state index in [2.05, 4.69) is 40.3 Å². The van der Waals surface area contributed by atoms with Crippen molar-refractivity contribution in [2.75, 3.05) is 0 Å². The van der Waals surface area contributed by atoms with Crippen LogP contribution in [0.2, 0.25) is 0 Å². The normalized spacial score (nSPS) is 27.6. The highest BCUT2D eigenvalue weighted by Gasteiger charge is 2.55. The van der Waals surface area contributed by atoms with Crippen LogP contribution in [0.5, 0.6) is 0 Å². The highest BCUT2D eigenvalue weighted by atomic mass is 14.6. The largest absolute Gasteiger partial charge is 0.103 e. The van der Waals surface area contributed by atoms with E-state index in [9.17, 15) is 0 Å². The van der Waals surface area contributed by atoms with Gasteiger partial charge in [-0.25, -0.2) is 0 Å². The molecule has 0 radical (unpaired) electrons. The van der Waals surface area contributed by atoms with Crippen LogP contribution in [0, 0.1) is 23.2 Å². The summed E-state index contributed by atoms with van der Waals surface area (Å²) in [5.41, 5.74) is 0.599. The van der Waals surface area contributed by atoms with Gasteiger partial charge >= 0.3 is 0 Å². The number of hydrogen-bond donors (Lipinski definition) is 0. The molecule has 0 heterocycles. The van der Waals surface area contributed by atoms with Crippen LogP contribution in [0.3, 0.4) is 0 Å². The first-order chi connectivity index (χ1) is 5.05. The molecule has 0 bridgehead atoms. The maximum absolute atomic E-state index is 3.88. The Morgan fingerprint density at radius 1 is 1.27 bits per heavy atom. The Kier molecular flexibility index (Phi) is 2.13. The molecule has 0 nitrogen and oxygen atoms in total. The van der Waals surface area contributed by atoms with E-state index in [0.717, 1.165) is 17.8 Å². The maximum Gasteiger partial charge on any atom is -0.0169 e. The molecule has 1 rings (SSSR count). The van der Waals surface area contributed by atoms with Gasteiger partial charge in [0.15, 0.2) is 0 Å². The zero-order valence-electron chi connectivity index (χ0n) is 8.22. The van der Waals surface area contributed by atoms with Crippen molar-refractivity contribution in [1.82, 2.24) is 0 Å². The van der Waals surface area contributed by atoms with Crippen molar-refractivity contribution >= 4 is 0 Å². The summed E-state index contributed by atoms with van der Waals surface area (Å²) in [6.45, 7) is 13.2. The fourth-order valence-corrected chi connectivity index (χ4v) is 2.62. The summed E-state index contributed by atoms with van der Waals surface area (Å²) < 4.78 is 0. The molecule has 11 heavy (non-hydrogen) atoms. The average molecular weight is 152 g/mol. The second-order valence-electron chi connectivity index (χ2n) is 4.47. The maximum atomic E-state index is 3.88. The summed E-state index contributed by atoms with van der Waals surface area (Å²) >= 11 is 0. The molecule has 1 saturated carbocycles. The van der Waals surface area contributed by atoms with Crippen molar-refractivity contribution in [2.24, 2.45) is 23.2 Å². The Morgan fingerprint density at radius 3 is 1.82 bits per heavy atom. The van der Waals surface area contributed by atoms with E-state index in [-0.39, 0.29) is 0 Å². The average Bonchev–Trinajstić information content (AvgIpc) is 2.61. The zero-order valence-corrected chi connectivity index (χ0v) is 8.22. The minimum absolute atomic E-state index is 0.599. The summed E-state index contributed by atoms with van der Waals surface area (Å²) in [5, 5.41) is 0. The Bertz CT molecular complexity index is 145. The van der Waals surface area contributed by atoms with Gasteiger partial charge in [0.2, 0.25) is 0 Å². The first-order valence-corrected chi connectivity index (χ1v) is 4.68. The van der Waals surface area contributed by atoms with E-state index in [1.54, 1.807) is 0 Å². The lowest BCUT2D eigenvalue weighted by atomic mass is 9.80. The van der Waals surface area contributed by atoms with E-state index < -0.39 is 0 Å². The van der Waals surface area contributed by atoms with E-state index in [1.807, 2.05) is 0 Å². The highest BCUT2D eigenvalue weighted by molar-refractivity contribution is 5.12. The molecule has 0 aliphatic heterocycles. The molecule has 1 fully saturated rings. The minimum Gasteiger partial charge on any atom is -0.103 e. The molecule has 0 heteroatoms. The van der Waals surface area contributed by atoms with Gasteiger partial charge in [0.05, 0.1) is 0 Å². The molecule has 0 N–H and O–H groups in total. The molecule has 0 aromatic carbocycles. The Morgan fingerprint density at radius 2 is 1.73 bits per heavy atom. The standard InChI is InChI=1S/C11H20/c1-6-10-7-11(10,8(2)3)9(4)5/h6,8-10H,1,7H2,2-5H3/t10-/m0/s1. The van der Waals surface area contributed by atoms with Crippen molar-refractivity contribution in [3.8, 4) is 0 Å². The van der Waals surface area contributed by atoms with Crippen molar-refractivity contribution in [1.29, 1.82) is 0 Å². The molecular formula is C11H20. The van der Waals surface area contributed by atoms with Crippen LogP contribution in [0.1, 0.15) is 34.1 Å². The van der Waals surface area contributed by atoms with Crippen molar-refractivity contribution in [3.05, 3.63) is 12.7 Å². The molecule has 0 aromatic heterocycles. The topological polar surface area (TPSA) is 0 Å². The van der Waals surface area contributed by atoms with Gasteiger partial charge in [0.25, 0.3) is 0 Å². The number of hydrogen-bond acceptors (Lipinski definition) is 0. The first kappa shape index (κ1) is 8.83. The predicted molar refractivity (Wildman–Crippen MR) is 50.4 cm³/mol. The third-order valence-electron chi connectivity index (χ3n) is 3.54. The van der Waals surface area contributed by atoms with E-state index in [1.165, 1.54) is 6.42 Å². The molecule has 0 spiro atoms. The van der Waals surface area contributed by atoms with Gasteiger partial charge in [0, 0.05) is 0 Å². The molecule has 0 aromatic rings. The zero-order chi connectivity index (χ0) is 8.65. The Balaban J connectivity index is 2.70. The summed E-state index contributed by atoms with van der Waals surface area (Å²) in [4.78, 5) is 0. The predicted octanol–water partition coefficient (Wildman–Crippen LogP) is 3.49. The van der Waals surface area contributed by atoms with Crippen LogP contribution < -0.4 is 0 Å². The van der Waals surface area contributed by atoms with E-state index >= 15 is 0 Å². The second-order valence-corrected chi connectivity index (χ2v) is 4.47. The van der Waals surface area contributed by atoms with Crippen LogP contribution in [-0.2, 0) is 0 Å². The van der Waals surface area contributed by atoms with Crippen LogP contribution in [0.15, 0.2) is 12.7 Å². The molecule has 0 unspecified atom stereocenters. The van der Waals surface area contributed by atoms with Gasteiger partial charge in [-0.05, 0) is 29.6 Å².